The predicted molar refractivity (Wildman–Crippen MR) is 74.3 cm³/mol. The van der Waals surface area contributed by atoms with Gasteiger partial charge in [0.25, 0.3) is 0 Å². The number of nitrogens with zero attached hydrogens (tertiary/aromatic N) is 2. The summed E-state index contributed by atoms with van der Waals surface area (Å²) in [5.41, 5.74) is 9.94. The second-order valence-corrected chi connectivity index (χ2v) is 5.09. The third-order valence-corrected chi connectivity index (χ3v) is 3.74. The van der Waals surface area contributed by atoms with Crippen molar-refractivity contribution in [2.45, 2.75) is 32.7 Å². The number of aromatic nitrogens is 2. The van der Waals surface area contributed by atoms with Gasteiger partial charge in [0.15, 0.2) is 11.6 Å². The first-order valence-electron chi connectivity index (χ1n) is 6.59. The summed E-state index contributed by atoms with van der Waals surface area (Å²) in [5.74, 6) is -1.70. The first kappa shape index (κ1) is 14.7. The molecule has 1 heterocycles. The van der Waals surface area contributed by atoms with Gasteiger partial charge in [0.05, 0.1) is 5.69 Å². The lowest BCUT2D eigenvalue weighted by atomic mass is 9.99. The van der Waals surface area contributed by atoms with Crippen molar-refractivity contribution in [3.63, 3.8) is 0 Å². The molecule has 0 aliphatic heterocycles. The van der Waals surface area contributed by atoms with E-state index in [4.69, 9.17) is 5.73 Å². The molecule has 0 spiro atoms. The zero-order valence-corrected chi connectivity index (χ0v) is 12.0. The van der Waals surface area contributed by atoms with Gasteiger partial charge in [-0.1, -0.05) is 6.07 Å². The molecule has 0 amide bonds. The molecule has 0 saturated heterocycles. The molecule has 3 nitrogen and oxygen atoms in total. The molecule has 0 fully saturated rings. The minimum atomic E-state index is -0.855. The van der Waals surface area contributed by atoms with Gasteiger partial charge in [-0.15, -0.1) is 0 Å². The van der Waals surface area contributed by atoms with Gasteiger partial charge in [-0.05, 0) is 49.9 Å². The fourth-order valence-electron chi connectivity index (χ4n) is 2.39. The number of aryl methyl sites for hydroxylation is 2. The molecular formula is C15H19F2N3. The van der Waals surface area contributed by atoms with Crippen molar-refractivity contribution in [3.05, 3.63) is 52.3 Å². The molecule has 0 bridgehead atoms. The SMILES string of the molecule is Cc1nn(C)c(C)c1CCC(N)c1ccc(F)c(F)c1. The predicted octanol–water partition coefficient (Wildman–Crippen LogP) is 2.95. The average molecular weight is 279 g/mol. The smallest absolute Gasteiger partial charge is 0.159 e. The highest BCUT2D eigenvalue weighted by Crippen LogP contribution is 2.21. The zero-order valence-electron chi connectivity index (χ0n) is 12.0. The van der Waals surface area contributed by atoms with Crippen molar-refractivity contribution in [2.24, 2.45) is 12.8 Å². The maximum atomic E-state index is 13.2. The molecule has 0 saturated carbocycles. The Labute approximate surface area is 117 Å². The van der Waals surface area contributed by atoms with Crippen LogP contribution in [0.1, 0.15) is 35.0 Å². The van der Waals surface area contributed by atoms with Crippen molar-refractivity contribution >= 4 is 0 Å². The Morgan fingerprint density at radius 1 is 1.25 bits per heavy atom. The van der Waals surface area contributed by atoms with Gasteiger partial charge in [-0.25, -0.2) is 8.78 Å². The van der Waals surface area contributed by atoms with Crippen LogP contribution in [0.5, 0.6) is 0 Å². The van der Waals surface area contributed by atoms with Crippen molar-refractivity contribution in [2.75, 3.05) is 0 Å². The number of benzene rings is 1. The summed E-state index contributed by atoms with van der Waals surface area (Å²) in [6, 6.07) is 3.50. The molecule has 0 aliphatic rings. The summed E-state index contributed by atoms with van der Waals surface area (Å²) in [5, 5.41) is 4.35. The Bertz CT molecular complexity index is 620. The second kappa shape index (κ2) is 5.71. The lowest BCUT2D eigenvalue weighted by molar-refractivity contribution is 0.504. The normalized spacial score (nSPS) is 12.7. The van der Waals surface area contributed by atoms with E-state index in [0.29, 0.717) is 12.0 Å². The molecule has 1 unspecified atom stereocenters. The molecule has 0 radical (unpaired) electrons. The Balaban J connectivity index is 2.08. The topological polar surface area (TPSA) is 43.8 Å². The third-order valence-electron chi connectivity index (χ3n) is 3.74. The first-order chi connectivity index (χ1) is 9.40. The van der Waals surface area contributed by atoms with E-state index in [0.717, 1.165) is 23.9 Å². The highest BCUT2D eigenvalue weighted by Gasteiger charge is 2.13. The van der Waals surface area contributed by atoms with E-state index in [1.807, 2.05) is 25.6 Å². The zero-order chi connectivity index (χ0) is 14.9. The van der Waals surface area contributed by atoms with Crippen LogP contribution < -0.4 is 5.73 Å². The monoisotopic (exact) mass is 279 g/mol. The Morgan fingerprint density at radius 3 is 2.50 bits per heavy atom. The van der Waals surface area contributed by atoms with E-state index in [2.05, 4.69) is 5.10 Å². The summed E-state index contributed by atoms with van der Waals surface area (Å²) < 4.78 is 27.9. The van der Waals surface area contributed by atoms with Crippen LogP contribution >= 0.6 is 0 Å². The number of halogens is 2. The van der Waals surface area contributed by atoms with Crippen molar-refractivity contribution < 1.29 is 8.78 Å². The molecule has 1 aromatic heterocycles. The molecule has 2 rings (SSSR count). The van der Waals surface area contributed by atoms with Gasteiger partial charge in [0, 0.05) is 18.8 Å². The minimum absolute atomic E-state index is 0.316. The van der Waals surface area contributed by atoms with E-state index in [-0.39, 0.29) is 6.04 Å². The van der Waals surface area contributed by atoms with Crippen molar-refractivity contribution in [1.82, 2.24) is 9.78 Å². The van der Waals surface area contributed by atoms with Gasteiger partial charge < -0.3 is 5.73 Å². The van der Waals surface area contributed by atoms with Crippen LogP contribution in [0, 0.1) is 25.5 Å². The van der Waals surface area contributed by atoms with Crippen LogP contribution in [0.3, 0.4) is 0 Å². The highest BCUT2D eigenvalue weighted by molar-refractivity contribution is 5.26. The van der Waals surface area contributed by atoms with Gasteiger partial charge in [0.1, 0.15) is 0 Å². The summed E-state index contributed by atoms with van der Waals surface area (Å²) in [6.07, 6.45) is 1.43. The molecule has 5 heteroatoms. The van der Waals surface area contributed by atoms with Crippen LogP contribution in [0.4, 0.5) is 8.78 Å². The van der Waals surface area contributed by atoms with E-state index >= 15 is 0 Å². The van der Waals surface area contributed by atoms with E-state index in [9.17, 15) is 8.78 Å². The number of hydrogen-bond donors (Lipinski definition) is 1. The van der Waals surface area contributed by atoms with Crippen LogP contribution in [-0.4, -0.2) is 9.78 Å². The lowest BCUT2D eigenvalue weighted by Crippen LogP contribution is -2.12. The fraction of sp³-hybridized carbons (Fsp3) is 0.400. The van der Waals surface area contributed by atoms with E-state index in [1.54, 1.807) is 0 Å². The maximum Gasteiger partial charge on any atom is 0.159 e. The first-order valence-corrected chi connectivity index (χ1v) is 6.59. The molecule has 2 aromatic rings. The lowest BCUT2D eigenvalue weighted by Gasteiger charge is -2.12. The Hall–Kier alpha value is -1.75. The van der Waals surface area contributed by atoms with Crippen molar-refractivity contribution in [1.29, 1.82) is 0 Å². The summed E-state index contributed by atoms with van der Waals surface area (Å²) in [6.45, 7) is 3.98. The second-order valence-electron chi connectivity index (χ2n) is 5.09. The van der Waals surface area contributed by atoms with E-state index in [1.165, 1.54) is 17.7 Å². The number of rotatable bonds is 4. The minimum Gasteiger partial charge on any atom is -0.324 e. The van der Waals surface area contributed by atoms with Gasteiger partial charge in [0.2, 0.25) is 0 Å². The largest absolute Gasteiger partial charge is 0.324 e. The molecule has 1 atom stereocenters. The maximum absolute atomic E-state index is 13.2. The third kappa shape index (κ3) is 2.88. The summed E-state index contributed by atoms with van der Waals surface area (Å²) in [4.78, 5) is 0. The van der Waals surface area contributed by atoms with Gasteiger partial charge in [-0.2, -0.15) is 5.10 Å². The van der Waals surface area contributed by atoms with Crippen molar-refractivity contribution in [3.8, 4) is 0 Å². The van der Waals surface area contributed by atoms with Gasteiger partial charge >= 0.3 is 0 Å². The molecule has 2 N–H and O–H groups in total. The van der Waals surface area contributed by atoms with Crippen LogP contribution in [-0.2, 0) is 13.5 Å². The van der Waals surface area contributed by atoms with E-state index < -0.39 is 11.6 Å². The number of nitrogens with two attached hydrogens (primary N) is 1. The molecule has 20 heavy (non-hydrogen) atoms. The Kier molecular flexibility index (Phi) is 4.18. The van der Waals surface area contributed by atoms with Crippen LogP contribution in [0.15, 0.2) is 18.2 Å². The van der Waals surface area contributed by atoms with Crippen LogP contribution in [0.25, 0.3) is 0 Å². The van der Waals surface area contributed by atoms with Gasteiger partial charge in [-0.3, -0.25) is 4.68 Å². The van der Waals surface area contributed by atoms with Crippen LogP contribution in [0.2, 0.25) is 0 Å². The molecule has 0 aliphatic carbocycles. The average Bonchev–Trinajstić information content (AvgIpc) is 2.64. The highest BCUT2D eigenvalue weighted by atomic mass is 19.2. The number of hydrogen-bond acceptors (Lipinski definition) is 2. The molecular weight excluding hydrogens is 260 g/mol. The summed E-state index contributed by atoms with van der Waals surface area (Å²) >= 11 is 0. The summed E-state index contributed by atoms with van der Waals surface area (Å²) in [7, 11) is 1.90. The Morgan fingerprint density at radius 2 is 1.95 bits per heavy atom. The standard InChI is InChI=1S/C15H19F2N3/c1-9-12(10(2)20(3)19-9)5-7-15(18)11-4-6-13(16)14(17)8-11/h4,6,8,15H,5,7,18H2,1-3H3. The quantitative estimate of drug-likeness (QED) is 0.935. The molecule has 1 aromatic carbocycles. The molecule has 108 valence electrons. The fourth-order valence-corrected chi connectivity index (χ4v) is 2.39.